The summed E-state index contributed by atoms with van der Waals surface area (Å²) in [7, 11) is 1.86. The highest BCUT2D eigenvalue weighted by Gasteiger charge is 2.36. The minimum absolute atomic E-state index is 0.0529. The number of ether oxygens (including phenoxy) is 1. The van der Waals surface area contributed by atoms with Crippen molar-refractivity contribution in [3.05, 3.63) is 53.5 Å². The topological polar surface area (TPSA) is 69.0 Å². The second-order valence-corrected chi connectivity index (χ2v) is 8.00. The molecule has 0 bridgehead atoms. The minimum atomic E-state index is -0.252. The van der Waals surface area contributed by atoms with Crippen LogP contribution in [0.1, 0.15) is 29.2 Å². The molecule has 1 aromatic carbocycles. The summed E-state index contributed by atoms with van der Waals surface area (Å²) >= 11 is 1.49. The Morgan fingerprint density at radius 3 is 2.93 bits per heavy atom. The molecule has 4 rings (SSSR count). The molecule has 2 atom stereocenters. The monoisotopic (exact) mass is 382 g/mol. The Kier molecular flexibility index (Phi) is 4.80. The molecule has 7 heteroatoms. The Hall–Kier alpha value is -2.51. The van der Waals surface area contributed by atoms with E-state index in [-0.39, 0.29) is 17.9 Å². The van der Waals surface area contributed by atoms with Gasteiger partial charge in [0.05, 0.1) is 23.1 Å². The molecule has 1 aliphatic rings. The van der Waals surface area contributed by atoms with Crippen molar-refractivity contribution in [1.82, 2.24) is 14.8 Å². The molecule has 0 unspecified atom stereocenters. The van der Waals surface area contributed by atoms with Crippen LogP contribution in [0.15, 0.2) is 36.8 Å². The van der Waals surface area contributed by atoms with Crippen molar-refractivity contribution in [2.75, 3.05) is 11.9 Å². The maximum absolute atomic E-state index is 12.8. The van der Waals surface area contributed by atoms with Gasteiger partial charge in [0, 0.05) is 31.6 Å². The predicted octanol–water partition coefficient (Wildman–Crippen LogP) is 3.88. The van der Waals surface area contributed by atoms with Crippen LogP contribution >= 0.6 is 11.3 Å². The Balaban J connectivity index is 1.49. The van der Waals surface area contributed by atoms with Gasteiger partial charge in [0.15, 0.2) is 5.13 Å². The normalized spacial score (nSPS) is 19.4. The minimum Gasteiger partial charge on any atom is -0.373 e. The number of aryl methyl sites for hydroxylation is 3. The molecule has 140 valence electrons. The van der Waals surface area contributed by atoms with Gasteiger partial charge in [-0.05, 0) is 31.4 Å². The number of rotatable bonds is 4. The fourth-order valence-electron chi connectivity index (χ4n) is 3.52. The quantitative estimate of drug-likeness (QED) is 0.744. The van der Waals surface area contributed by atoms with Crippen molar-refractivity contribution < 1.29 is 9.53 Å². The number of carbonyl (C=O) groups excluding carboxylic acids is 1. The average molecular weight is 382 g/mol. The van der Waals surface area contributed by atoms with Gasteiger partial charge in [0.2, 0.25) is 5.91 Å². The first-order chi connectivity index (χ1) is 13.0. The van der Waals surface area contributed by atoms with E-state index in [9.17, 15) is 4.79 Å². The smallest absolute Gasteiger partial charge is 0.232 e. The Bertz CT molecular complexity index is 978. The number of hydrogen-bond donors (Lipinski definition) is 1. The fraction of sp³-hybridized carbons (Fsp3) is 0.350. The Labute approximate surface area is 162 Å². The van der Waals surface area contributed by atoms with Gasteiger partial charge in [-0.2, -0.15) is 5.10 Å². The van der Waals surface area contributed by atoms with E-state index in [0.717, 1.165) is 16.0 Å². The molecule has 6 nitrogen and oxygen atoms in total. The van der Waals surface area contributed by atoms with Gasteiger partial charge in [-0.3, -0.25) is 9.48 Å². The van der Waals surface area contributed by atoms with E-state index >= 15 is 0 Å². The van der Waals surface area contributed by atoms with E-state index in [1.54, 1.807) is 10.9 Å². The largest absolute Gasteiger partial charge is 0.373 e. The molecule has 1 fully saturated rings. The molecule has 2 aromatic heterocycles. The van der Waals surface area contributed by atoms with Crippen LogP contribution in [-0.4, -0.2) is 27.3 Å². The lowest BCUT2D eigenvalue weighted by atomic mass is 9.96. The number of thiazole rings is 1. The Morgan fingerprint density at radius 1 is 1.33 bits per heavy atom. The van der Waals surface area contributed by atoms with Gasteiger partial charge in [-0.25, -0.2) is 4.98 Å². The number of nitrogens with zero attached hydrogens (tertiary/aromatic N) is 3. The molecule has 3 aromatic rings. The zero-order chi connectivity index (χ0) is 19.0. The number of hydrogen-bond acceptors (Lipinski definition) is 5. The van der Waals surface area contributed by atoms with Crippen molar-refractivity contribution >= 4 is 22.4 Å². The average Bonchev–Trinajstić information content (AvgIpc) is 3.35. The lowest BCUT2D eigenvalue weighted by molar-refractivity contribution is -0.121. The zero-order valence-corrected chi connectivity index (χ0v) is 16.4. The molecule has 1 aliphatic heterocycles. The number of amides is 1. The van der Waals surface area contributed by atoms with Gasteiger partial charge in [0.25, 0.3) is 0 Å². The maximum Gasteiger partial charge on any atom is 0.232 e. The third-order valence-corrected chi connectivity index (χ3v) is 5.81. The predicted molar refractivity (Wildman–Crippen MR) is 106 cm³/mol. The molecule has 27 heavy (non-hydrogen) atoms. The van der Waals surface area contributed by atoms with Crippen LogP contribution in [-0.2, 0) is 16.6 Å². The summed E-state index contributed by atoms with van der Waals surface area (Å²) in [6.07, 6.45) is 5.93. The molecule has 3 heterocycles. The van der Waals surface area contributed by atoms with Crippen LogP contribution in [0, 0.1) is 19.8 Å². The van der Waals surface area contributed by atoms with Crippen molar-refractivity contribution in [1.29, 1.82) is 0 Å². The SMILES string of the molecule is Cc1ccc(-c2cnc(NC(=O)[C@H]3CCO[C@@H]3c3cnn(C)c3)s2)c(C)c1. The number of benzene rings is 1. The fourth-order valence-corrected chi connectivity index (χ4v) is 4.43. The summed E-state index contributed by atoms with van der Waals surface area (Å²) in [5.74, 6) is -0.287. The van der Waals surface area contributed by atoms with Crippen LogP contribution in [0.3, 0.4) is 0 Å². The van der Waals surface area contributed by atoms with Gasteiger partial charge in [-0.1, -0.05) is 35.1 Å². The van der Waals surface area contributed by atoms with Crippen LogP contribution in [0.25, 0.3) is 10.4 Å². The highest BCUT2D eigenvalue weighted by atomic mass is 32.1. The van der Waals surface area contributed by atoms with E-state index in [4.69, 9.17) is 4.74 Å². The third kappa shape index (κ3) is 3.65. The molecule has 1 N–H and O–H groups in total. The van der Waals surface area contributed by atoms with E-state index in [0.29, 0.717) is 18.2 Å². The maximum atomic E-state index is 12.8. The molecule has 1 amide bonds. The highest BCUT2D eigenvalue weighted by molar-refractivity contribution is 7.19. The summed E-state index contributed by atoms with van der Waals surface area (Å²) < 4.78 is 7.52. The van der Waals surface area contributed by atoms with Crippen molar-refractivity contribution in [3.8, 4) is 10.4 Å². The summed E-state index contributed by atoms with van der Waals surface area (Å²) in [6.45, 7) is 4.75. The van der Waals surface area contributed by atoms with E-state index < -0.39 is 0 Å². The van der Waals surface area contributed by atoms with Gasteiger partial charge < -0.3 is 10.1 Å². The van der Waals surface area contributed by atoms with Crippen LogP contribution in [0.4, 0.5) is 5.13 Å². The second kappa shape index (κ2) is 7.25. The second-order valence-electron chi connectivity index (χ2n) is 6.97. The summed E-state index contributed by atoms with van der Waals surface area (Å²) in [5.41, 5.74) is 4.52. The number of anilines is 1. The standard InChI is InChI=1S/C20H22N4O2S/c1-12-4-5-15(13(2)8-12)17-10-21-20(27-17)23-19(25)16-6-7-26-18(16)14-9-22-24(3)11-14/h4-5,8-11,16,18H,6-7H2,1-3H3,(H,21,23,25)/t16-,18+/m0/s1. The lowest BCUT2D eigenvalue weighted by Gasteiger charge is -2.15. The lowest BCUT2D eigenvalue weighted by Crippen LogP contribution is -2.25. The van der Waals surface area contributed by atoms with Crippen LogP contribution in [0.2, 0.25) is 0 Å². The molecule has 1 saturated heterocycles. The van der Waals surface area contributed by atoms with Gasteiger partial charge in [0.1, 0.15) is 0 Å². The van der Waals surface area contributed by atoms with E-state index in [1.165, 1.54) is 22.5 Å². The third-order valence-electron chi connectivity index (χ3n) is 4.87. The summed E-state index contributed by atoms with van der Waals surface area (Å²) in [5, 5.41) is 7.78. The van der Waals surface area contributed by atoms with E-state index in [2.05, 4.69) is 47.4 Å². The number of nitrogens with one attached hydrogen (secondary N) is 1. The molecular formula is C20H22N4O2S. The van der Waals surface area contributed by atoms with Gasteiger partial charge in [-0.15, -0.1) is 0 Å². The van der Waals surface area contributed by atoms with Crippen LogP contribution in [0.5, 0.6) is 0 Å². The van der Waals surface area contributed by atoms with Crippen molar-refractivity contribution in [3.63, 3.8) is 0 Å². The number of carbonyl (C=O) groups is 1. The highest BCUT2D eigenvalue weighted by Crippen LogP contribution is 2.36. The molecule has 0 spiro atoms. The molecule has 0 aliphatic carbocycles. The summed E-state index contributed by atoms with van der Waals surface area (Å²) in [6, 6.07) is 6.35. The number of aromatic nitrogens is 3. The molecule has 0 radical (unpaired) electrons. The van der Waals surface area contributed by atoms with Crippen LogP contribution < -0.4 is 5.32 Å². The molecular weight excluding hydrogens is 360 g/mol. The first-order valence-corrected chi connectivity index (χ1v) is 9.77. The van der Waals surface area contributed by atoms with Crippen molar-refractivity contribution in [2.24, 2.45) is 13.0 Å². The first kappa shape index (κ1) is 17.9. The zero-order valence-electron chi connectivity index (χ0n) is 15.6. The van der Waals surface area contributed by atoms with Crippen molar-refractivity contribution in [2.45, 2.75) is 26.4 Å². The molecule has 0 saturated carbocycles. The van der Waals surface area contributed by atoms with Gasteiger partial charge >= 0.3 is 0 Å². The van der Waals surface area contributed by atoms with E-state index in [1.807, 2.05) is 19.4 Å². The summed E-state index contributed by atoms with van der Waals surface area (Å²) in [4.78, 5) is 18.3. The first-order valence-electron chi connectivity index (χ1n) is 8.96. The Morgan fingerprint density at radius 2 is 2.19 bits per heavy atom.